The molecule has 0 spiro atoms. The van der Waals surface area contributed by atoms with Crippen molar-refractivity contribution in [1.29, 1.82) is 0 Å². The van der Waals surface area contributed by atoms with Gasteiger partial charge in [-0.25, -0.2) is 8.42 Å². The van der Waals surface area contributed by atoms with E-state index >= 15 is 0 Å². The number of rotatable bonds is 3. The third kappa shape index (κ3) is 3.15. The number of hydrogen-bond donors (Lipinski definition) is 2. The molecule has 3 N–H and O–H groups in total. The molecule has 0 fully saturated rings. The van der Waals surface area contributed by atoms with E-state index in [9.17, 15) is 8.42 Å². The third-order valence-corrected chi connectivity index (χ3v) is 4.23. The summed E-state index contributed by atoms with van der Waals surface area (Å²) in [5.41, 5.74) is 7.12. The molecule has 2 aromatic rings. The second-order valence-corrected chi connectivity index (χ2v) is 6.10. The first-order valence-electron chi connectivity index (χ1n) is 5.38. The van der Waals surface area contributed by atoms with Gasteiger partial charge in [0.2, 0.25) is 0 Å². The van der Waals surface area contributed by atoms with Gasteiger partial charge in [-0.1, -0.05) is 11.6 Å². The molecule has 1 aromatic heterocycles. The molecular weight excluding hydrogens is 286 g/mol. The molecule has 0 unspecified atom stereocenters. The van der Waals surface area contributed by atoms with Crippen molar-refractivity contribution in [2.45, 2.75) is 11.8 Å². The summed E-state index contributed by atoms with van der Waals surface area (Å²) in [6.45, 7) is 1.82. The van der Waals surface area contributed by atoms with Crippen LogP contribution in [0.25, 0.3) is 0 Å². The zero-order valence-corrected chi connectivity index (χ0v) is 11.7. The molecule has 0 atom stereocenters. The number of halogens is 1. The number of nitrogen functional groups attached to an aromatic ring is 1. The monoisotopic (exact) mass is 297 g/mol. The zero-order chi connectivity index (χ0) is 14.0. The van der Waals surface area contributed by atoms with Crippen molar-refractivity contribution in [2.75, 3.05) is 10.5 Å². The normalized spacial score (nSPS) is 11.3. The van der Waals surface area contributed by atoms with Gasteiger partial charge in [-0.05, 0) is 36.8 Å². The summed E-state index contributed by atoms with van der Waals surface area (Å²) in [6, 6.07) is 5.97. The second kappa shape index (κ2) is 5.07. The van der Waals surface area contributed by atoms with Gasteiger partial charge in [0.25, 0.3) is 10.0 Å². The summed E-state index contributed by atoms with van der Waals surface area (Å²) in [5, 5.41) is 0.113. The van der Waals surface area contributed by atoms with Gasteiger partial charge in [0.1, 0.15) is 4.90 Å². The van der Waals surface area contributed by atoms with Crippen molar-refractivity contribution in [3.8, 4) is 0 Å². The van der Waals surface area contributed by atoms with Crippen LogP contribution in [-0.2, 0) is 10.0 Å². The van der Waals surface area contributed by atoms with E-state index in [0.29, 0.717) is 11.4 Å². The molecule has 5 nitrogen and oxygen atoms in total. The molecule has 0 saturated heterocycles. The van der Waals surface area contributed by atoms with Crippen LogP contribution in [0.1, 0.15) is 5.56 Å². The van der Waals surface area contributed by atoms with Gasteiger partial charge >= 0.3 is 0 Å². The van der Waals surface area contributed by atoms with Crippen LogP contribution in [0.4, 0.5) is 11.4 Å². The lowest BCUT2D eigenvalue weighted by Crippen LogP contribution is -2.14. The zero-order valence-electron chi connectivity index (χ0n) is 10.1. The van der Waals surface area contributed by atoms with Crippen LogP contribution in [0.15, 0.2) is 41.6 Å². The lowest BCUT2D eigenvalue weighted by Gasteiger charge is -2.10. The summed E-state index contributed by atoms with van der Waals surface area (Å²) in [6.07, 6.45) is 3.05. The highest BCUT2D eigenvalue weighted by atomic mass is 35.5. The van der Waals surface area contributed by atoms with Gasteiger partial charge in [0.15, 0.2) is 0 Å². The van der Waals surface area contributed by atoms with Crippen LogP contribution < -0.4 is 10.5 Å². The van der Waals surface area contributed by atoms with Gasteiger partial charge in [-0.2, -0.15) is 0 Å². The van der Waals surface area contributed by atoms with E-state index in [1.54, 1.807) is 12.3 Å². The number of benzene rings is 1. The van der Waals surface area contributed by atoms with Crippen molar-refractivity contribution < 1.29 is 8.42 Å². The molecule has 19 heavy (non-hydrogen) atoms. The molecule has 7 heteroatoms. The maximum Gasteiger partial charge on any atom is 0.263 e. The molecule has 0 aliphatic heterocycles. The Kier molecular flexibility index (Phi) is 3.64. The largest absolute Gasteiger partial charge is 0.399 e. The summed E-state index contributed by atoms with van der Waals surface area (Å²) in [7, 11) is -3.79. The van der Waals surface area contributed by atoms with Crippen molar-refractivity contribution in [2.24, 2.45) is 0 Å². The number of aromatic nitrogens is 1. The number of anilines is 2. The molecule has 0 aliphatic rings. The van der Waals surface area contributed by atoms with E-state index in [-0.39, 0.29) is 9.92 Å². The predicted octanol–water partition coefficient (Wildman–Crippen LogP) is 2.43. The summed E-state index contributed by atoms with van der Waals surface area (Å²) >= 11 is 5.89. The lowest BCUT2D eigenvalue weighted by molar-refractivity contribution is 0.601. The standard InChI is InChI=1S/C12H12ClN3O2S/c1-8-4-10(7-15-6-8)16-19(17,18)12-5-9(14)2-3-11(12)13/h2-7,16H,14H2,1H3. The molecule has 100 valence electrons. The van der Waals surface area contributed by atoms with Crippen LogP contribution in [0.3, 0.4) is 0 Å². The molecule has 0 saturated carbocycles. The summed E-state index contributed by atoms with van der Waals surface area (Å²) in [5.74, 6) is 0. The Morgan fingerprint density at radius 2 is 2.00 bits per heavy atom. The van der Waals surface area contributed by atoms with Crippen molar-refractivity contribution in [3.05, 3.63) is 47.2 Å². The van der Waals surface area contributed by atoms with Gasteiger partial charge in [0.05, 0.1) is 16.9 Å². The maximum atomic E-state index is 12.2. The van der Waals surface area contributed by atoms with Crippen molar-refractivity contribution >= 4 is 33.0 Å². The molecule has 0 radical (unpaired) electrons. The number of nitrogens with one attached hydrogen (secondary N) is 1. The summed E-state index contributed by atoms with van der Waals surface area (Å²) in [4.78, 5) is 3.86. The van der Waals surface area contributed by atoms with E-state index in [1.165, 1.54) is 24.4 Å². The van der Waals surface area contributed by atoms with Gasteiger partial charge in [-0.3, -0.25) is 9.71 Å². The first kappa shape index (κ1) is 13.6. The van der Waals surface area contributed by atoms with E-state index < -0.39 is 10.0 Å². The topological polar surface area (TPSA) is 85.1 Å². The minimum absolute atomic E-state index is 0.0596. The fourth-order valence-corrected chi connectivity index (χ4v) is 3.12. The Balaban J connectivity index is 2.40. The van der Waals surface area contributed by atoms with Gasteiger partial charge < -0.3 is 5.73 Å². The Labute approximate surface area is 116 Å². The highest BCUT2D eigenvalue weighted by molar-refractivity contribution is 7.92. The first-order valence-corrected chi connectivity index (χ1v) is 7.24. The Bertz CT molecular complexity index is 717. The second-order valence-electron chi connectivity index (χ2n) is 4.05. The first-order chi connectivity index (χ1) is 8.88. The SMILES string of the molecule is Cc1cncc(NS(=O)(=O)c2cc(N)ccc2Cl)c1. The lowest BCUT2D eigenvalue weighted by atomic mass is 10.3. The van der Waals surface area contributed by atoms with Crippen LogP contribution in [0, 0.1) is 6.92 Å². The van der Waals surface area contributed by atoms with Gasteiger partial charge in [-0.15, -0.1) is 0 Å². The van der Waals surface area contributed by atoms with E-state index in [4.69, 9.17) is 17.3 Å². The number of pyridine rings is 1. The molecule has 0 bridgehead atoms. The molecule has 1 aromatic carbocycles. The number of nitrogens with two attached hydrogens (primary N) is 1. The predicted molar refractivity (Wildman–Crippen MR) is 75.6 cm³/mol. The minimum Gasteiger partial charge on any atom is -0.399 e. The van der Waals surface area contributed by atoms with E-state index in [0.717, 1.165) is 5.56 Å². The Morgan fingerprint density at radius 3 is 2.68 bits per heavy atom. The third-order valence-electron chi connectivity index (χ3n) is 2.37. The Hall–Kier alpha value is -1.79. The fourth-order valence-electron chi connectivity index (χ4n) is 1.55. The van der Waals surface area contributed by atoms with Crippen LogP contribution in [0.5, 0.6) is 0 Å². The van der Waals surface area contributed by atoms with E-state index in [1.807, 2.05) is 6.92 Å². The number of aryl methyl sites for hydroxylation is 1. The van der Waals surface area contributed by atoms with E-state index in [2.05, 4.69) is 9.71 Å². The number of sulfonamides is 1. The van der Waals surface area contributed by atoms with Crippen LogP contribution in [0.2, 0.25) is 5.02 Å². The number of nitrogens with zero attached hydrogens (tertiary/aromatic N) is 1. The van der Waals surface area contributed by atoms with Crippen molar-refractivity contribution in [3.63, 3.8) is 0 Å². The quantitative estimate of drug-likeness (QED) is 0.852. The highest BCUT2D eigenvalue weighted by Gasteiger charge is 2.18. The molecule has 0 aliphatic carbocycles. The average Bonchev–Trinajstić information content (AvgIpc) is 2.31. The molecule has 1 heterocycles. The Morgan fingerprint density at radius 1 is 1.26 bits per heavy atom. The average molecular weight is 298 g/mol. The smallest absolute Gasteiger partial charge is 0.263 e. The maximum absolute atomic E-state index is 12.2. The van der Waals surface area contributed by atoms with Gasteiger partial charge in [0, 0.05) is 11.9 Å². The minimum atomic E-state index is -3.79. The van der Waals surface area contributed by atoms with Crippen LogP contribution >= 0.6 is 11.6 Å². The van der Waals surface area contributed by atoms with Crippen LogP contribution in [-0.4, -0.2) is 13.4 Å². The molecule has 2 rings (SSSR count). The summed E-state index contributed by atoms with van der Waals surface area (Å²) < 4.78 is 26.8. The molecule has 0 amide bonds. The number of hydrogen-bond acceptors (Lipinski definition) is 4. The van der Waals surface area contributed by atoms with Crippen molar-refractivity contribution in [1.82, 2.24) is 4.98 Å². The fraction of sp³-hybridized carbons (Fsp3) is 0.0833. The highest BCUT2D eigenvalue weighted by Crippen LogP contribution is 2.25. The molecular formula is C12H12ClN3O2S.